The molecule has 42 heavy (non-hydrogen) atoms. The van der Waals surface area contributed by atoms with Crippen LogP contribution in [0, 0.1) is 0 Å². The SMILES string of the molecule is C=CC(=O)N1CCC(N[C@H]2CCc3cc(-n4c(-c5cccnc5N)nc5ccc(N6CC[C@@H](F)C6)nc54)ccc32)CC1. The van der Waals surface area contributed by atoms with E-state index in [1.165, 1.54) is 17.2 Å². The molecule has 5 heterocycles. The number of nitrogens with zero attached hydrogens (tertiary/aromatic N) is 6. The van der Waals surface area contributed by atoms with E-state index in [4.69, 9.17) is 15.7 Å². The van der Waals surface area contributed by atoms with Crippen molar-refractivity contribution < 1.29 is 9.18 Å². The van der Waals surface area contributed by atoms with Gasteiger partial charge >= 0.3 is 0 Å². The second-order valence-electron chi connectivity index (χ2n) is 11.5. The summed E-state index contributed by atoms with van der Waals surface area (Å²) in [6.45, 7) is 6.13. The summed E-state index contributed by atoms with van der Waals surface area (Å²) in [5, 5.41) is 3.87. The first-order valence-corrected chi connectivity index (χ1v) is 14.8. The van der Waals surface area contributed by atoms with Gasteiger partial charge in [0.2, 0.25) is 5.91 Å². The van der Waals surface area contributed by atoms with Gasteiger partial charge in [-0.3, -0.25) is 9.36 Å². The Morgan fingerprint density at radius 1 is 1.07 bits per heavy atom. The van der Waals surface area contributed by atoms with Crippen molar-refractivity contribution in [3.63, 3.8) is 0 Å². The minimum absolute atomic E-state index is 0.0141. The van der Waals surface area contributed by atoms with Gasteiger partial charge in [0.05, 0.1) is 12.1 Å². The topological polar surface area (TPSA) is 105 Å². The number of fused-ring (bicyclic) bond motifs is 2. The summed E-state index contributed by atoms with van der Waals surface area (Å²) in [6.07, 6.45) is 6.63. The van der Waals surface area contributed by atoms with Crippen LogP contribution in [0.3, 0.4) is 0 Å². The summed E-state index contributed by atoms with van der Waals surface area (Å²) >= 11 is 0. The number of likely N-dealkylation sites (tertiary alicyclic amines) is 1. The molecular formula is C32H35FN8O. The highest BCUT2D eigenvalue weighted by Gasteiger charge is 2.29. The van der Waals surface area contributed by atoms with Crippen LogP contribution >= 0.6 is 0 Å². The second kappa shape index (κ2) is 10.8. The number of aryl methyl sites for hydroxylation is 1. The Kier molecular flexibility index (Phi) is 6.85. The van der Waals surface area contributed by atoms with Gasteiger partial charge in [-0.25, -0.2) is 19.3 Å². The van der Waals surface area contributed by atoms with E-state index in [1.54, 1.807) is 6.20 Å². The molecule has 3 N–H and O–H groups in total. The number of carbonyl (C=O) groups is 1. The number of rotatable bonds is 6. The van der Waals surface area contributed by atoms with E-state index in [-0.39, 0.29) is 11.9 Å². The number of benzene rings is 1. The highest BCUT2D eigenvalue weighted by molar-refractivity contribution is 5.87. The lowest BCUT2D eigenvalue weighted by atomic mass is 10.0. The summed E-state index contributed by atoms with van der Waals surface area (Å²) in [5.74, 6) is 1.85. The van der Waals surface area contributed by atoms with Crippen molar-refractivity contribution in [1.82, 2.24) is 29.7 Å². The lowest BCUT2D eigenvalue weighted by Gasteiger charge is -2.33. The van der Waals surface area contributed by atoms with Crippen LogP contribution in [0.2, 0.25) is 0 Å². The van der Waals surface area contributed by atoms with Crippen molar-refractivity contribution in [3.8, 4) is 17.1 Å². The summed E-state index contributed by atoms with van der Waals surface area (Å²) in [4.78, 5) is 30.1. The normalized spacial score (nSPS) is 20.8. The third-order valence-corrected chi connectivity index (χ3v) is 8.90. The fourth-order valence-electron chi connectivity index (χ4n) is 6.68. The van der Waals surface area contributed by atoms with Gasteiger partial charge in [0.15, 0.2) is 11.5 Å². The van der Waals surface area contributed by atoms with Gasteiger partial charge in [-0.2, -0.15) is 0 Å². The second-order valence-corrected chi connectivity index (χ2v) is 11.5. The zero-order chi connectivity index (χ0) is 28.8. The molecule has 0 radical (unpaired) electrons. The van der Waals surface area contributed by atoms with Crippen molar-refractivity contribution in [2.45, 2.75) is 50.4 Å². The van der Waals surface area contributed by atoms with Crippen molar-refractivity contribution in [2.24, 2.45) is 0 Å². The standard InChI is InChI=1S/C32H35FN8O/c1-2-29(42)39-16-12-22(13-17-39)36-26-8-5-20-18-23(6-7-24(20)26)41-31(25-4-3-14-35-30(25)34)37-27-9-10-28(38-32(27)41)40-15-11-21(33)19-40/h2-4,6-7,9-10,14,18,21-22,26,36H,1,5,8,11-13,15-17,19H2,(H2,34,35)/t21-,26+/m1/s1. The van der Waals surface area contributed by atoms with Crippen molar-refractivity contribution >= 4 is 28.7 Å². The summed E-state index contributed by atoms with van der Waals surface area (Å²) < 4.78 is 16.1. The number of aromatic nitrogens is 4. The maximum absolute atomic E-state index is 14.0. The molecule has 1 aromatic carbocycles. The molecule has 2 aliphatic heterocycles. The fraction of sp³-hybridized carbons (Fsp3) is 0.375. The maximum atomic E-state index is 14.0. The molecular weight excluding hydrogens is 531 g/mol. The third kappa shape index (κ3) is 4.79. The van der Waals surface area contributed by atoms with Crippen LogP contribution in [0.4, 0.5) is 16.0 Å². The Labute approximate surface area is 244 Å². The molecule has 216 valence electrons. The average Bonchev–Trinajstić information content (AvgIpc) is 3.73. The van der Waals surface area contributed by atoms with E-state index in [2.05, 4.69) is 39.6 Å². The van der Waals surface area contributed by atoms with Crippen LogP contribution in [0.5, 0.6) is 0 Å². The number of nitrogens with two attached hydrogens (primary N) is 1. The number of halogens is 1. The smallest absolute Gasteiger partial charge is 0.245 e. The Hall–Kier alpha value is -4.31. The van der Waals surface area contributed by atoms with Gasteiger partial charge in [0.1, 0.15) is 23.3 Å². The Balaban J connectivity index is 1.22. The number of hydrogen-bond donors (Lipinski definition) is 2. The molecule has 3 aliphatic rings. The van der Waals surface area contributed by atoms with Gasteiger partial charge in [0.25, 0.3) is 0 Å². The molecule has 2 fully saturated rings. The molecule has 0 saturated carbocycles. The van der Waals surface area contributed by atoms with Crippen LogP contribution in [0.25, 0.3) is 28.2 Å². The van der Waals surface area contributed by atoms with E-state index in [0.717, 1.165) is 61.4 Å². The van der Waals surface area contributed by atoms with E-state index in [9.17, 15) is 9.18 Å². The van der Waals surface area contributed by atoms with Crippen molar-refractivity contribution in [3.05, 3.63) is 72.4 Å². The maximum Gasteiger partial charge on any atom is 0.245 e. The minimum Gasteiger partial charge on any atom is -0.383 e. The predicted octanol–water partition coefficient (Wildman–Crippen LogP) is 4.37. The van der Waals surface area contributed by atoms with E-state index >= 15 is 0 Å². The van der Waals surface area contributed by atoms with Gasteiger partial charge in [-0.15, -0.1) is 0 Å². The first-order chi connectivity index (χ1) is 20.5. The van der Waals surface area contributed by atoms with Gasteiger partial charge < -0.3 is 20.9 Å². The molecule has 4 aromatic rings. The highest BCUT2D eigenvalue weighted by atomic mass is 19.1. The van der Waals surface area contributed by atoms with Crippen molar-refractivity contribution in [2.75, 3.05) is 36.8 Å². The van der Waals surface area contributed by atoms with E-state index < -0.39 is 6.17 Å². The number of imidazole rings is 1. The average molecular weight is 567 g/mol. The molecule has 1 amide bonds. The zero-order valence-electron chi connectivity index (χ0n) is 23.5. The summed E-state index contributed by atoms with van der Waals surface area (Å²) in [7, 11) is 0. The Morgan fingerprint density at radius 2 is 1.93 bits per heavy atom. The number of hydrogen-bond acceptors (Lipinski definition) is 7. The van der Waals surface area contributed by atoms with Crippen molar-refractivity contribution in [1.29, 1.82) is 0 Å². The fourth-order valence-corrected chi connectivity index (χ4v) is 6.68. The number of amides is 1. The third-order valence-electron chi connectivity index (χ3n) is 8.90. The number of pyridine rings is 2. The quantitative estimate of drug-likeness (QED) is 0.334. The number of alkyl halides is 1. The Morgan fingerprint density at radius 3 is 2.69 bits per heavy atom. The summed E-state index contributed by atoms with van der Waals surface area (Å²) in [5.41, 5.74) is 12.1. The molecule has 0 unspecified atom stereocenters. The molecule has 7 rings (SSSR count). The van der Waals surface area contributed by atoms with E-state index in [0.29, 0.717) is 42.8 Å². The molecule has 3 aromatic heterocycles. The summed E-state index contributed by atoms with van der Waals surface area (Å²) in [6, 6.07) is 14.9. The minimum atomic E-state index is -0.835. The molecule has 0 spiro atoms. The molecule has 1 aliphatic carbocycles. The first kappa shape index (κ1) is 26.6. The number of carbonyl (C=O) groups excluding carboxylic acids is 1. The molecule has 0 bridgehead atoms. The van der Waals surface area contributed by atoms with Crippen LogP contribution in [0.1, 0.15) is 42.9 Å². The number of piperidine rings is 1. The number of nitrogen functional groups attached to an aromatic ring is 1. The van der Waals surface area contributed by atoms with Gasteiger partial charge in [-0.05, 0) is 85.7 Å². The first-order valence-electron chi connectivity index (χ1n) is 14.8. The number of anilines is 2. The van der Waals surface area contributed by atoms with Gasteiger partial charge in [0, 0.05) is 43.6 Å². The highest BCUT2D eigenvalue weighted by Crippen LogP contribution is 2.37. The van der Waals surface area contributed by atoms with Crippen LogP contribution in [-0.4, -0.2) is 68.7 Å². The lowest BCUT2D eigenvalue weighted by molar-refractivity contribution is -0.127. The molecule has 10 heteroatoms. The van der Waals surface area contributed by atoms with Crippen LogP contribution in [0.15, 0.2) is 61.3 Å². The monoisotopic (exact) mass is 566 g/mol. The largest absolute Gasteiger partial charge is 0.383 e. The molecule has 2 saturated heterocycles. The van der Waals surface area contributed by atoms with Gasteiger partial charge in [-0.1, -0.05) is 12.6 Å². The Bertz CT molecular complexity index is 1660. The van der Waals surface area contributed by atoms with Crippen LogP contribution in [-0.2, 0) is 11.2 Å². The molecule has 2 atom stereocenters. The van der Waals surface area contributed by atoms with Crippen LogP contribution < -0.4 is 16.0 Å². The zero-order valence-corrected chi connectivity index (χ0v) is 23.5. The number of nitrogens with one attached hydrogen (secondary N) is 1. The molecule has 9 nitrogen and oxygen atoms in total. The predicted molar refractivity (Wildman–Crippen MR) is 162 cm³/mol. The lowest BCUT2D eigenvalue weighted by Crippen LogP contribution is -2.45. The van der Waals surface area contributed by atoms with E-state index in [1.807, 2.05) is 34.1 Å².